The number of halogens is 3. The van der Waals surface area contributed by atoms with Gasteiger partial charge in [0, 0.05) is 11.3 Å². The van der Waals surface area contributed by atoms with Crippen molar-refractivity contribution in [3.05, 3.63) is 53.1 Å². The fourth-order valence-corrected chi connectivity index (χ4v) is 3.89. The van der Waals surface area contributed by atoms with Gasteiger partial charge in [0.1, 0.15) is 11.6 Å². The molecular formula is C19H20F3N3O4S. The van der Waals surface area contributed by atoms with Crippen molar-refractivity contribution in [2.75, 3.05) is 18.6 Å². The number of aryl methyl sites for hydroxylation is 2. The number of amidine groups is 1. The Morgan fingerprint density at radius 3 is 2.13 bits per heavy atom. The Balaban J connectivity index is 2.14. The summed E-state index contributed by atoms with van der Waals surface area (Å²) in [5.74, 6) is 0.486. The molecule has 2 aromatic carbocycles. The van der Waals surface area contributed by atoms with Crippen molar-refractivity contribution in [1.82, 2.24) is 0 Å². The zero-order valence-corrected chi connectivity index (χ0v) is 17.2. The van der Waals surface area contributed by atoms with Crippen molar-refractivity contribution in [2.24, 2.45) is 10.1 Å². The maximum atomic E-state index is 13.5. The van der Waals surface area contributed by atoms with Crippen LogP contribution in [0.1, 0.15) is 16.7 Å². The highest BCUT2D eigenvalue weighted by atomic mass is 32.2. The second-order valence-corrected chi connectivity index (χ2v) is 8.58. The highest BCUT2D eigenvalue weighted by Crippen LogP contribution is 2.39. The molecule has 1 atom stereocenters. The van der Waals surface area contributed by atoms with E-state index in [9.17, 15) is 26.7 Å². The topological polar surface area (TPSA) is 105 Å². The van der Waals surface area contributed by atoms with Gasteiger partial charge in [0.15, 0.2) is 0 Å². The molecule has 0 spiro atoms. The number of rotatable bonds is 4. The molecule has 0 amide bonds. The number of alkyl halides is 3. The van der Waals surface area contributed by atoms with Crippen molar-refractivity contribution < 1.29 is 31.4 Å². The number of nitrogens with two attached hydrogens (primary N) is 1. The molecule has 0 aromatic heterocycles. The standard InChI is InChI=1S/C19H20F3N3O4S/c1-11-8-13(9-12(2)16(11)29-3)17-24-18(26,19(20,21)22)10-25(17)14-4-6-15(7-5-14)30(23,27)28/h4-9,26H,10H2,1-3H3,(H2,23,27,28). The van der Waals surface area contributed by atoms with Crippen LogP contribution in [0.4, 0.5) is 18.9 Å². The molecule has 0 bridgehead atoms. The summed E-state index contributed by atoms with van der Waals surface area (Å²) in [4.78, 5) is 4.61. The van der Waals surface area contributed by atoms with E-state index in [4.69, 9.17) is 9.88 Å². The number of anilines is 1. The quantitative estimate of drug-likeness (QED) is 0.755. The largest absolute Gasteiger partial charge is 0.496 e. The first-order valence-electron chi connectivity index (χ1n) is 8.72. The minimum Gasteiger partial charge on any atom is -0.496 e. The molecule has 3 rings (SSSR count). The van der Waals surface area contributed by atoms with Crippen LogP contribution in [0, 0.1) is 13.8 Å². The Kier molecular flexibility index (Phi) is 5.34. The molecule has 1 aliphatic heterocycles. The number of aliphatic imine (C=N–C) groups is 1. The van der Waals surface area contributed by atoms with Crippen LogP contribution in [0.25, 0.3) is 0 Å². The predicted molar refractivity (Wildman–Crippen MR) is 105 cm³/mol. The van der Waals surface area contributed by atoms with Gasteiger partial charge in [-0.05, 0) is 61.4 Å². The van der Waals surface area contributed by atoms with E-state index in [0.717, 1.165) is 0 Å². The fraction of sp³-hybridized carbons (Fsp3) is 0.316. The minimum absolute atomic E-state index is 0.105. The minimum atomic E-state index is -5.01. The van der Waals surface area contributed by atoms with Crippen LogP contribution < -0.4 is 14.8 Å². The van der Waals surface area contributed by atoms with Crippen LogP contribution in [0.5, 0.6) is 5.75 Å². The lowest BCUT2D eigenvalue weighted by Crippen LogP contribution is -2.47. The van der Waals surface area contributed by atoms with Gasteiger partial charge in [-0.15, -0.1) is 0 Å². The van der Waals surface area contributed by atoms with E-state index in [2.05, 4.69) is 4.99 Å². The summed E-state index contributed by atoms with van der Waals surface area (Å²) in [5.41, 5.74) is -1.39. The summed E-state index contributed by atoms with van der Waals surface area (Å²) in [7, 11) is -2.48. The smallest absolute Gasteiger partial charge is 0.440 e. The Hall–Kier alpha value is -2.63. The second-order valence-electron chi connectivity index (χ2n) is 7.02. The van der Waals surface area contributed by atoms with Crippen LogP contribution in [-0.2, 0) is 10.0 Å². The van der Waals surface area contributed by atoms with Crippen LogP contribution in [0.3, 0.4) is 0 Å². The first-order chi connectivity index (χ1) is 13.8. The number of primary sulfonamides is 1. The van der Waals surface area contributed by atoms with Gasteiger partial charge in [-0.25, -0.2) is 18.5 Å². The summed E-state index contributed by atoms with van der Waals surface area (Å²) in [6.07, 6.45) is -5.01. The van der Waals surface area contributed by atoms with E-state index < -0.39 is 28.5 Å². The maximum absolute atomic E-state index is 13.5. The molecule has 1 unspecified atom stereocenters. The predicted octanol–water partition coefficient (Wildman–Crippen LogP) is 2.48. The van der Waals surface area contributed by atoms with E-state index in [1.54, 1.807) is 26.0 Å². The summed E-state index contributed by atoms with van der Waals surface area (Å²) in [5, 5.41) is 15.3. The van der Waals surface area contributed by atoms with Gasteiger partial charge in [-0.2, -0.15) is 13.2 Å². The molecule has 162 valence electrons. The molecular weight excluding hydrogens is 423 g/mol. The molecule has 7 nitrogen and oxygen atoms in total. The third-order valence-corrected chi connectivity index (χ3v) is 5.71. The first kappa shape index (κ1) is 22.1. The highest BCUT2D eigenvalue weighted by molar-refractivity contribution is 7.89. The SMILES string of the molecule is COc1c(C)cc(C2=NC(O)(C(F)(F)F)CN2c2ccc(S(N)(=O)=O)cc2)cc1C. The molecule has 3 N–H and O–H groups in total. The van der Waals surface area contributed by atoms with E-state index in [1.807, 2.05) is 0 Å². The summed E-state index contributed by atoms with van der Waals surface area (Å²) in [6, 6.07) is 8.19. The molecule has 2 aromatic rings. The van der Waals surface area contributed by atoms with Gasteiger partial charge in [0.05, 0.1) is 18.6 Å². The molecule has 1 aliphatic rings. The Labute approximate surface area is 171 Å². The average molecular weight is 443 g/mol. The molecule has 11 heteroatoms. The van der Waals surface area contributed by atoms with Crippen molar-refractivity contribution in [2.45, 2.75) is 30.6 Å². The Morgan fingerprint density at radius 2 is 1.70 bits per heavy atom. The second kappa shape index (κ2) is 7.25. The van der Waals surface area contributed by atoms with E-state index >= 15 is 0 Å². The number of benzene rings is 2. The fourth-order valence-electron chi connectivity index (χ4n) is 3.37. The van der Waals surface area contributed by atoms with Crippen LogP contribution >= 0.6 is 0 Å². The lowest BCUT2D eigenvalue weighted by atomic mass is 10.0. The van der Waals surface area contributed by atoms with Crippen molar-refractivity contribution in [1.29, 1.82) is 0 Å². The van der Waals surface area contributed by atoms with E-state index in [0.29, 0.717) is 22.4 Å². The summed E-state index contributed by atoms with van der Waals surface area (Å²) >= 11 is 0. The van der Waals surface area contributed by atoms with Crippen molar-refractivity contribution >= 4 is 21.5 Å². The number of aliphatic hydroxyl groups is 1. The number of sulfonamides is 1. The lowest BCUT2D eigenvalue weighted by Gasteiger charge is -2.26. The summed E-state index contributed by atoms with van der Waals surface area (Å²) in [6.45, 7) is 2.60. The number of hydrogen-bond acceptors (Lipinski definition) is 6. The van der Waals surface area contributed by atoms with Gasteiger partial charge in [0.2, 0.25) is 10.0 Å². The third kappa shape index (κ3) is 3.87. The van der Waals surface area contributed by atoms with Crippen molar-refractivity contribution in [3.8, 4) is 5.75 Å². The Morgan fingerprint density at radius 1 is 1.17 bits per heavy atom. The van der Waals surface area contributed by atoms with Gasteiger partial charge < -0.3 is 14.7 Å². The van der Waals surface area contributed by atoms with Crippen molar-refractivity contribution in [3.63, 3.8) is 0 Å². The number of β-amino-alcohol motifs (C(OH)–C–C–N with tert-alkyl or cyclic N) is 1. The van der Waals surface area contributed by atoms with Gasteiger partial charge >= 0.3 is 6.18 Å². The normalized spacial score (nSPS) is 19.7. The molecule has 0 fully saturated rings. The summed E-state index contributed by atoms with van der Waals surface area (Å²) < 4.78 is 68.8. The zero-order valence-electron chi connectivity index (χ0n) is 16.4. The molecule has 0 aliphatic carbocycles. The first-order valence-corrected chi connectivity index (χ1v) is 10.3. The third-order valence-electron chi connectivity index (χ3n) is 4.78. The zero-order chi connectivity index (χ0) is 22.5. The number of methoxy groups -OCH3 is 1. The average Bonchev–Trinajstić information content (AvgIpc) is 3.00. The maximum Gasteiger partial charge on any atom is 0.440 e. The Bertz CT molecular complexity index is 1090. The van der Waals surface area contributed by atoms with Gasteiger partial charge in [-0.3, -0.25) is 0 Å². The molecule has 0 radical (unpaired) electrons. The van der Waals surface area contributed by atoms with E-state index in [-0.39, 0.29) is 16.4 Å². The molecule has 30 heavy (non-hydrogen) atoms. The number of hydrogen-bond donors (Lipinski definition) is 2. The van der Waals surface area contributed by atoms with Gasteiger partial charge in [-0.1, -0.05) is 0 Å². The van der Waals surface area contributed by atoms with E-state index in [1.165, 1.54) is 36.3 Å². The molecule has 0 saturated heterocycles. The molecule has 1 heterocycles. The lowest BCUT2D eigenvalue weighted by molar-refractivity contribution is -0.249. The highest BCUT2D eigenvalue weighted by Gasteiger charge is 2.59. The number of ether oxygens (including phenoxy) is 1. The van der Waals surface area contributed by atoms with Crippen LogP contribution in [0.15, 0.2) is 46.3 Å². The molecule has 0 saturated carbocycles. The van der Waals surface area contributed by atoms with Gasteiger partial charge in [0.25, 0.3) is 5.72 Å². The van der Waals surface area contributed by atoms with Crippen LogP contribution in [0.2, 0.25) is 0 Å². The van der Waals surface area contributed by atoms with Crippen LogP contribution in [-0.4, -0.2) is 44.9 Å². The monoisotopic (exact) mass is 443 g/mol. The number of nitrogens with zero attached hydrogens (tertiary/aromatic N) is 2.